The molecule has 1 aromatic heterocycles. The lowest BCUT2D eigenvalue weighted by Crippen LogP contribution is -2.16. The fourth-order valence-electron chi connectivity index (χ4n) is 1.64. The van der Waals surface area contributed by atoms with Gasteiger partial charge in [-0.25, -0.2) is 4.98 Å². The van der Waals surface area contributed by atoms with E-state index in [1.54, 1.807) is 0 Å². The van der Waals surface area contributed by atoms with Gasteiger partial charge in [0.1, 0.15) is 5.82 Å². The van der Waals surface area contributed by atoms with Gasteiger partial charge in [-0.3, -0.25) is 0 Å². The molecule has 1 saturated carbocycles. The zero-order valence-corrected chi connectivity index (χ0v) is 12.8. The van der Waals surface area contributed by atoms with Crippen LogP contribution < -0.4 is 10.2 Å². The van der Waals surface area contributed by atoms with Gasteiger partial charge in [0.05, 0.1) is 9.26 Å². The molecular weight excluding hydrogens is 327 g/mol. The summed E-state index contributed by atoms with van der Waals surface area (Å²) in [5.74, 6) is 2.46. The minimum absolute atomic E-state index is 0.658. The SMILES string of the molecule is CCCNc1nc(N(C)C)nc(C2CC2)c1I. The van der Waals surface area contributed by atoms with Crippen molar-refractivity contribution in [3.8, 4) is 0 Å². The first-order valence-corrected chi connectivity index (χ1v) is 7.20. The number of aromatic nitrogens is 2. The molecule has 0 saturated heterocycles. The van der Waals surface area contributed by atoms with Crippen LogP contribution in [0.5, 0.6) is 0 Å². The zero-order valence-electron chi connectivity index (χ0n) is 10.6. The Bertz CT molecular complexity index is 402. The zero-order chi connectivity index (χ0) is 12.4. The van der Waals surface area contributed by atoms with Crippen LogP contribution in [0.1, 0.15) is 37.8 Å². The van der Waals surface area contributed by atoms with E-state index in [1.807, 2.05) is 19.0 Å². The van der Waals surface area contributed by atoms with Crippen LogP contribution in [0.25, 0.3) is 0 Å². The van der Waals surface area contributed by atoms with Gasteiger partial charge in [0.25, 0.3) is 0 Å². The first-order chi connectivity index (χ1) is 8.13. The number of halogens is 1. The van der Waals surface area contributed by atoms with Gasteiger partial charge in [0.15, 0.2) is 0 Å². The third kappa shape index (κ3) is 3.00. The average molecular weight is 346 g/mol. The molecule has 2 rings (SSSR count). The van der Waals surface area contributed by atoms with Crippen LogP contribution in [0.4, 0.5) is 11.8 Å². The Morgan fingerprint density at radius 3 is 2.59 bits per heavy atom. The van der Waals surface area contributed by atoms with Gasteiger partial charge in [0.2, 0.25) is 5.95 Å². The second kappa shape index (κ2) is 5.37. The van der Waals surface area contributed by atoms with E-state index >= 15 is 0 Å². The maximum Gasteiger partial charge on any atom is 0.227 e. The molecule has 0 aromatic carbocycles. The highest BCUT2D eigenvalue weighted by Crippen LogP contribution is 2.42. The van der Waals surface area contributed by atoms with Crippen molar-refractivity contribution in [2.24, 2.45) is 0 Å². The Labute approximate surface area is 116 Å². The molecule has 94 valence electrons. The molecule has 0 bridgehead atoms. The maximum atomic E-state index is 4.67. The molecule has 1 aromatic rings. The Kier molecular flexibility index (Phi) is 4.06. The molecule has 0 amide bonds. The van der Waals surface area contributed by atoms with Crippen molar-refractivity contribution in [3.63, 3.8) is 0 Å². The average Bonchev–Trinajstić information content (AvgIpc) is 3.11. The van der Waals surface area contributed by atoms with Crippen molar-refractivity contribution in [1.82, 2.24) is 9.97 Å². The molecule has 17 heavy (non-hydrogen) atoms. The Morgan fingerprint density at radius 1 is 1.35 bits per heavy atom. The minimum Gasteiger partial charge on any atom is -0.369 e. The van der Waals surface area contributed by atoms with E-state index in [0.717, 1.165) is 24.7 Å². The van der Waals surface area contributed by atoms with Crippen LogP contribution >= 0.6 is 22.6 Å². The van der Waals surface area contributed by atoms with Crippen LogP contribution in [-0.2, 0) is 0 Å². The van der Waals surface area contributed by atoms with Gasteiger partial charge >= 0.3 is 0 Å². The largest absolute Gasteiger partial charge is 0.369 e. The molecule has 0 atom stereocenters. The molecule has 0 unspecified atom stereocenters. The van der Waals surface area contributed by atoms with Gasteiger partial charge in [-0.2, -0.15) is 4.98 Å². The molecule has 4 nitrogen and oxygen atoms in total. The molecule has 0 radical (unpaired) electrons. The predicted molar refractivity (Wildman–Crippen MR) is 79.8 cm³/mol. The van der Waals surface area contributed by atoms with Crippen LogP contribution in [0.15, 0.2) is 0 Å². The summed E-state index contributed by atoms with van der Waals surface area (Å²) >= 11 is 2.37. The second-order valence-electron chi connectivity index (χ2n) is 4.67. The molecule has 1 fully saturated rings. The highest BCUT2D eigenvalue weighted by molar-refractivity contribution is 14.1. The van der Waals surface area contributed by atoms with Crippen molar-refractivity contribution in [1.29, 1.82) is 0 Å². The number of nitrogens with one attached hydrogen (secondary N) is 1. The summed E-state index contributed by atoms with van der Waals surface area (Å²) in [5, 5.41) is 3.40. The van der Waals surface area contributed by atoms with Crippen molar-refractivity contribution < 1.29 is 0 Å². The van der Waals surface area contributed by atoms with E-state index in [9.17, 15) is 0 Å². The summed E-state index contributed by atoms with van der Waals surface area (Å²) in [4.78, 5) is 11.2. The Balaban J connectivity index is 2.34. The number of nitrogens with zero attached hydrogens (tertiary/aromatic N) is 3. The standard InChI is InChI=1S/C12H19IN4/c1-4-7-14-11-9(13)10(8-5-6-8)15-12(16-11)17(2)3/h8H,4-7H2,1-3H3,(H,14,15,16). The molecule has 0 spiro atoms. The van der Waals surface area contributed by atoms with E-state index in [0.29, 0.717) is 5.92 Å². The summed E-state index contributed by atoms with van der Waals surface area (Å²) < 4.78 is 1.20. The van der Waals surface area contributed by atoms with Crippen LogP contribution in [0.3, 0.4) is 0 Å². The topological polar surface area (TPSA) is 41.1 Å². The van der Waals surface area contributed by atoms with Crippen molar-refractivity contribution >= 4 is 34.4 Å². The van der Waals surface area contributed by atoms with Crippen molar-refractivity contribution in [3.05, 3.63) is 9.26 Å². The molecule has 0 aliphatic heterocycles. The summed E-state index contributed by atoms with van der Waals surface area (Å²) in [6, 6.07) is 0. The monoisotopic (exact) mass is 346 g/mol. The molecule has 1 aliphatic carbocycles. The highest BCUT2D eigenvalue weighted by atomic mass is 127. The van der Waals surface area contributed by atoms with Crippen molar-refractivity contribution in [2.45, 2.75) is 32.1 Å². The lowest BCUT2D eigenvalue weighted by atomic mass is 10.2. The fourth-order valence-corrected chi connectivity index (χ4v) is 2.51. The number of rotatable bonds is 5. The molecule has 1 aliphatic rings. The molecule has 1 N–H and O–H groups in total. The van der Waals surface area contributed by atoms with Crippen LogP contribution in [0, 0.1) is 3.57 Å². The maximum absolute atomic E-state index is 4.67. The highest BCUT2D eigenvalue weighted by Gasteiger charge is 2.29. The first-order valence-electron chi connectivity index (χ1n) is 6.12. The summed E-state index contributed by atoms with van der Waals surface area (Å²) in [7, 11) is 3.98. The van der Waals surface area contributed by atoms with E-state index in [1.165, 1.54) is 22.1 Å². The lowest BCUT2D eigenvalue weighted by molar-refractivity contribution is 0.906. The summed E-state index contributed by atoms with van der Waals surface area (Å²) in [6.45, 7) is 3.12. The Hall–Kier alpha value is -0.590. The quantitative estimate of drug-likeness (QED) is 0.833. The van der Waals surface area contributed by atoms with Gasteiger partial charge in [0, 0.05) is 26.6 Å². The second-order valence-corrected chi connectivity index (χ2v) is 5.75. The third-order valence-electron chi connectivity index (χ3n) is 2.77. The van der Waals surface area contributed by atoms with Gasteiger partial charge in [-0.1, -0.05) is 6.92 Å². The van der Waals surface area contributed by atoms with Crippen molar-refractivity contribution in [2.75, 3.05) is 30.9 Å². The molecule has 1 heterocycles. The normalized spacial score (nSPS) is 14.8. The fraction of sp³-hybridized carbons (Fsp3) is 0.667. The van der Waals surface area contributed by atoms with Gasteiger partial charge in [-0.15, -0.1) is 0 Å². The minimum atomic E-state index is 0.658. The molecular formula is C12H19IN4. The number of hydrogen-bond acceptors (Lipinski definition) is 4. The van der Waals surface area contributed by atoms with Crippen LogP contribution in [0.2, 0.25) is 0 Å². The lowest BCUT2D eigenvalue weighted by Gasteiger charge is -2.16. The van der Waals surface area contributed by atoms with E-state index < -0.39 is 0 Å². The van der Waals surface area contributed by atoms with E-state index in [4.69, 9.17) is 0 Å². The van der Waals surface area contributed by atoms with E-state index in [-0.39, 0.29) is 0 Å². The first kappa shape index (κ1) is 12.9. The summed E-state index contributed by atoms with van der Waals surface area (Å²) in [5.41, 5.74) is 1.22. The van der Waals surface area contributed by atoms with Gasteiger partial charge in [-0.05, 0) is 41.9 Å². The third-order valence-corrected chi connectivity index (χ3v) is 3.84. The molecule has 5 heteroatoms. The predicted octanol–water partition coefficient (Wildman–Crippen LogP) is 2.85. The van der Waals surface area contributed by atoms with E-state index in [2.05, 4.69) is 44.8 Å². The smallest absolute Gasteiger partial charge is 0.227 e. The summed E-state index contributed by atoms with van der Waals surface area (Å²) in [6.07, 6.45) is 3.65. The Morgan fingerprint density at radius 2 is 2.06 bits per heavy atom. The number of anilines is 2. The van der Waals surface area contributed by atoms with Gasteiger partial charge < -0.3 is 10.2 Å². The van der Waals surface area contributed by atoms with Crippen LogP contribution in [-0.4, -0.2) is 30.6 Å². The number of hydrogen-bond donors (Lipinski definition) is 1.